The Morgan fingerprint density at radius 3 is 1.05 bits per heavy atom. The summed E-state index contributed by atoms with van der Waals surface area (Å²) >= 11 is 0. The molecule has 0 bridgehead atoms. The number of carboxylic acids is 2. The summed E-state index contributed by atoms with van der Waals surface area (Å²) in [5.74, 6) is -1.87. The topological polar surface area (TPSA) is 139 Å². The molecule has 0 aliphatic rings. The molecule has 0 fully saturated rings. The molecule has 332 valence electrons. The van der Waals surface area contributed by atoms with E-state index < -0.39 is 11.9 Å². The van der Waals surface area contributed by atoms with Crippen molar-refractivity contribution in [2.24, 2.45) is 0 Å². The van der Waals surface area contributed by atoms with Crippen LogP contribution in [0.25, 0.3) is 0 Å². The van der Waals surface area contributed by atoms with Gasteiger partial charge in [-0.05, 0) is 101 Å². The first-order chi connectivity index (χ1) is 28.2. The van der Waals surface area contributed by atoms with Gasteiger partial charge in [0.1, 0.15) is 0 Å². The number of aliphatic hydroxyl groups is 2. The zero-order chi connectivity index (χ0) is 42.3. The fourth-order valence-corrected chi connectivity index (χ4v) is 7.26. The quantitative estimate of drug-likeness (QED) is 0.0501. The third-order valence-electron chi connectivity index (χ3n) is 11.0. The normalized spacial score (nSPS) is 13.1. The molecule has 2 N–H and O–H groups in total. The van der Waals surface area contributed by atoms with Gasteiger partial charge >= 0.3 is 48.9 Å². The molecule has 4 atom stereocenters. The third kappa shape index (κ3) is 38.2. The molecule has 0 aliphatic carbocycles. The molecule has 2 rings (SSSR count). The van der Waals surface area contributed by atoms with Gasteiger partial charge in [-0.1, -0.05) is 164 Å². The van der Waals surface area contributed by atoms with Crippen LogP contribution in [0.5, 0.6) is 0 Å². The Morgan fingerprint density at radius 2 is 0.746 bits per heavy atom. The van der Waals surface area contributed by atoms with Gasteiger partial charge in [0.15, 0.2) is 0 Å². The summed E-state index contributed by atoms with van der Waals surface area (Å²) in [7, 11) is 0. The summed E-state index contributed by atoms with van der Waals surface area (Å²) < 4.78 is 12.0. The average Bonchev–Trinajstić information content (AvgIpc) is 3.22. The number of carbonyl (C=O) groups excluding carboxylic acids is 2. The van der Waals surface area contributed by atoms with Crippen LogP contribution in [0.15, 0.2) is 60.7 Å². The third-order valence-corrected chi connectivity index (χ3v) is 11.0. The Hall–Kier alpha value is -1.21. The molecule has 0 heterocycles. The number of carboxylic acid groups (broad SMARTS) is 2. The minimum atomic E-state index is -0.937. The number of carbonyl (C=O) groups is 2. The van der Waals surface area contributed by atoms with Crippen LogP contribution in [-0.4, -0.2) is 95.4 Å². The van der Waals surface area contributed by atoms with E-state index in [4.69, 9.17) is 9.47 Å². The Morgan fingerprint density at radius 1 is 0.458 bits per heavy atom. The molecule has 0 spiro atoms. The van der Waals surface area contributed by atoms with Gasteiger partial charge in [0, 0.05) is 11.9 Å². The van der Waals surface area contributed by atoms with Crippen LogP contribution in [-0.2, 0) is 32.3 Å². The molecule has 0 saturated heterocycles. The maximum atomic E-state index is 10.3. The van der Waals surface area contributed by atoms with Crippen LogP contribution < -0.4 is 10.2 Å². The molecule has 0 radical (unpaired) electrons. The predicted molar refractivity (Wildman–Crippen MR) is 238 cm³/mol. The monoisotopic (exact) mass is 949 g/mol. The van der Waals surface area contributed by atoms with Gasteiger partial charge in [0.2, 0.25) is 0 Å². The van der Waals surface area contributed by atoms with E-state index in [0.717, 1.165) is 116 Å². The molecule has 4 unspecified atom stereocenters. The standard InChI is InChI=1S/2C25H42O4.Ba/c2*1-2-24(29-21-22-15-10-9-11-16-22)19-14-18-23(26)17-12-7-5-3-4-6-8-13-20-25(27)28;/h2*9-11,15-16,23-24,26H,2-8,12-14,17-21H2,1H3,(H,27,28);/q;;+2/p-2. The number of rotatable bonds is 38. The van der Waals surface area contributed by atoms with E-state index >= 15 is 0 Å². The predicted octanol–water partition coefficient (Wildman–Crippen LogP) is 9.95. The van der Waals surface area contributed by atoms with Crippen molar-refractivity contribution < 1.29 is 39.5 Å². The molecule has 0 saturated carbocycles. The van der Waals surface area contributed by atoms with E-state index in [1.807, 2.05) is 36.4 Å². The van der Waals surface area contributed by atoms with Crippen molar-refractivity contribution in [3.05, 3.63) is 71.8 Å². The van der Waals surface area contributed by atoms with E-state index in [0.29, 0.717) is 13.2 Å². The van der Waals surface area contributed by atoms with Gasteiger partial charge in [-0.3, -0.25) is 0 Å². The van der Waals surface area contributed by atoms with Gasteiger partial charge in [0.05, 0.1) is 37.6 Å². The maximum Gasteiger partial charge on any atom is 2.00 e. The number of ether oxygens (including phenoxy) is 2. The van der Waals surface area contributed by atoms with Crippen molar-refractivity contribution >= 4 is 60.8 Å². The molecule has 0 aliphatic heterocycles. The first-order valence-corrected chi connectivity index (χ1v) is 23.3. The second-order valence-electron chi connectivity index (χ2n) is 16.3. The molecule has 9 heteroatoms. The summed E-state index contributed by atoms with van der Waals surface area (Å²) in [5.41, 5.74) is 2.42. The SMILES string of the molecule is CCC(CCCC(O)CCCCCCCCCCC(=O)[O-])OCc1ccccc1.CCC(CCCC(O)CCCCCCCCCCC(=O)[O-])OCc1ccccc1.[Ba+2]. The summed E-state index contributed by atoms with van der Waals surface area (Å²) in [6.07, 6.45) is 27.5. The number of hydrogen-bond acceptors (Lipinski definition) is 8. The smallest absolute Gasteiger partial charge is 0.550 e. The summed E-state index contributed by atoms with van der Waals surface area (Å²) in [6.45, 7) is 5.66. The van der Waals surface area contributed by atoms with Crippen molar-refractivity contribution in [3.8, 4) is 0 Å². The van der Waals surface area contributed by atoms with Gasteiger partial charge in [-0.2, -0.15) is 0 Å². The number of aliphatic hydroxyl groups excluding tert-OH is 2. The molecule has 2 aromatic rings. The van der Waals surface area contributed by atoms with Crippen molar-refractivity contribution in [1.29, 1.82) is 0 Å². The second kappa shape index (κ2) is 42.1. The number of benzene rings is 2. The molecule has 0 amide bonds. The van der Waals surface area contributed by atoms with Gasteiger partial charge in [-0.15, -0.1) is 0 Å². The van der Waals surface area contributed by atoms with Crippen molar-refractivity contribution in [3.63, 3.8) is 0 Å². The van der Waals surface area contributed by atoms with E-state index in [1.165, 1.54) is 62.5 Å². The van der Waals surface area contributed by atoms with Gasteiger partial charge < -0.3 is 39.5 Å². The first kappa shape index (κ1) is 57.8. The Bertz CT molecular complexity index is 1110. The zero-order valence-corrected chi connectivity index (χ0v) is 41.8. The largest absolute Gasteiger partial charge is 2.00 e. The van der Waals surface area contributed by atoms with Crippen molar-refractivity contribution in [1.82, 2.24) is 0 Å². The molecular formula is C50H82BaO8. The van der Waals surface area contributed by atoms with Crippen LogP contribution in [0.2, 0.25) is 0 Å². The number of unbranched alkanes of at least 4 members (excludes halogenated alkanes) is 14. The fraction of sp³-hybridized carbons (Fsp3) is 0.720. The van der Waals surface area contributed by atoms with Gasteiger partial charge in [0.25, 0.3) is 0 Å². The van der Waals surface area contributed by atoms with Crippen LogP contribution in [0.3, 0.4) is 0 Å². The van der Waals surface area contributed by atoms with E-state index in [1.54, 1.807) is 0 Å². The Balaban J connectivity index is 0.00000112. The van der Waals surface area contributed by atoms with Crippen molar-refractivity contribution in [2.45, 2.75) is 231 Å². The second-order valence-corrected chi connectivity index (χ2v) is 16.3. The summed E-state index contributed by atoms with van der Waals surface area (Å²) in [4.78, 5) is 20.6. The molecule has 0 aromatic heterocycles. The summed E-state index contributed by atoms with van der Waals surface area (Å²) in [6, 6.07) is 20.6. The van der Waals surface area contributed by atoms with Crippen LogP contribution >= 0.6 is 0 Å². The zero-order valence-electron chi connectivity index (χ0n) is 37.3. The molecule has 59 heavy (non-hydrogen) atoms. The van der Waals surface area contributed by atoms with E-state index in [2.05, 4.69) is 38.1 Å². The maximum absolute atomic E-state index is 10.3. The fourth-order valence-electron chi connectivity index (χ4n) is 7.26. The number of hydrogen-bond donors (Lipinski definition) is 2. The van der Waals surface area contributed by atoms with Crippen molar-refractivity contribution in [2.75, 3.05) is 0 Å². The number of aliphatic carboxylic acids is 2. The molecule has 2 aromatic carbocycles. The molecular weight excluding hydrogens is 866 g/mol. The van der Waals surface area contributed by atoms with Crippen LogP contribution in [0.4, 0.5) is 0 Å². The van der Waals surface area contributed by atoms with Gasteiger partial charge in [-0.25, -0.2) is 0 Å². The van der Waals surface area contributed by atoms with E-state index in [-0.39, 0.29) is 86.1 Å². The average molecular weight is 949 g/mol. The summed E-state index contributed by atoms with van der Waals surface area (Å²) in [5, 5.41) is 41.0. The minimum Gasteiger partial charge on any atom is -0.550 e. The Kier molecular flexibility index (Phi) is 41.2. The first-order valence-electron chi connectivity index (χ1n) is 23.3. The Labute approximate surface area is 400 Å². The molecule has 8 nitrogen and oxygen atoms in total. The van der Waals surface area contributed by atoms with Crippen LogP contribution in [0, 0.1) is 0 Å². The van der Waals surface area contributed by atoms with Crippen LogP contribution in [0.1, 0.15) is 205 Å². The minimum absolute atomic E-state index is 0. The van der Waals surface area contributed by atoms with E-state index in [9.17, 15) is 30.0 Å².